The van der Waals surface area contributed by atoms with E-state index in [0.29, 0.717) is 11.1 Å². The second-order valence-corrected chi connectivity index (χ2v) is 7.66. The van der Waals surface area contributed by atoms with E-state index in [-0.39, 0.29) is 9.52 Å². The van der Waals surface area contributed by atoms with Crippen LogP contribution in [0.3, 0.4) is 0 Å². The number of fused-ring (bicyclic) bond motifs is 2. The molecule has 4 rings (SSSR count). The van der Waals surface area contributed by atoms with Crippen LogP contribution in [0.4, 0.5) is 0 Å². The molecule has 2 aliphatic carbocycles. The van der Waals surface area contributed by atoms with Crippen LogP contribution < -0.4 is 0 Å². The lowest BCUT2D eigenvalue weighted by atomic mass is 10.1. The largest absolute Gasteiger partial charge is 0.0797 e. The molecule has 0 nitrogen and oxygen atoms in total. The molecule has 0 saturated heterocycles. The Labute approximate surface area is 116 Å². The Morgan fingerprint density at radius 3 is 1.63 bits per heavy atom. The molecule has 2 unspecified atom stereocenters. The van der Waals surface area contributed by atoms with Crippen molar-refractivity contribution in [3.05, 3.63) is 82.9 Å². The van der Waals surface area contributed by atoms with Crippen molar-refractivity contribution in [1.82, 2.24) is 0 Å². The molecule has 2 aliphatic rings. The quantitative estimate of drug-likeness (QED) is 0.722. The number of hydrogen-bond donors (Lipinski definition) is 0. The topological polar surface area (TPSA) is 0 Å². The third-order valence-corrected chi connectivity index (χ3v) is 6.75. The van der Waals surface area contributed by atoms with E-state index in [1.807, 2.05) is 0 Å². The minimum absolute atomic E-state index is 0.227. The van der Waals surface area contributed by atoms with Gasteiger partial charge in [0.05, 0.1) is 0 Å². The molecule has 0 aromatic heterocycles. The lowest BCUT2D eigenvalue weighted by Crippen LogP contribution is -2.12. The zero-order valence-corrected chi connectivity index (χ0v) is 12.2. The van der Waals surface area contributed by atoms with Crippen LogP contribution in [-0.2, 0) is 0 Å². The first-order chi connectivity index (χ1) is 9.42. The molecule has 0 aliphatic heterocycles. The van der Waals surface area contributed by atoms with Crippen LogP contribution in [0.5, 0.6) is 0 Å². The molecule has 0 saturated carbocycles. The maximum atomic E-state index is 2.42. The second kappa shape index (κ2) is 4.36. The van der Waals surface area contributed by atoms with E-state index in [4.69, 9.17) is 0 Å². The third-order valence-electron chi connectivity index (χ3n) is 4.32. The van der Waals surface area contributed by atoms with Gasteiger partial charge >= 0.3 is 0 Å². The van der Waals surface area contributed by atoms with Gasteiger partial charge in [-0.1, -0.05) is 72.8 Å². The Hall–Kier alpha value is -1.86. The SMILES string of the molecule is C1=CC([SiH2]C2C=Cc3ccccc32)c2ccccc21. The van der Waals surface area contributed by atoms with E-state index in [1.54, 1.807) is 11.1 Å². The van der Waals surface area contributed by atoms with Crippen molar-refractivity contribution in [2.45, 2.75) is 11.1 Å². The van der Waals surface area contributed by atoms with Crippen molar-refractivity contribution in [1.29, 1.82) is 0 Å². The van der Waals surface area contributed by atoms with E-state index in [2.05, 4.69) is 72.8 Å². The van der Waals surface area contributed by atoms with Crippen molar-refractivity contribution >= 4 is 21.7 Å². The predicted octanol–water partition coefficient (Wildman–Crippen LogP) is 3.69. The molecule has 92 valence electrons. The fourth-order valence-corrected chi connectivity index (χ4v) is 5.72. The number of hydrogen-bond acceptors (Lipinski definition) is 0. The van der Waals surface area contributed by atoms with Crippen LogP contribution in [-0.4, -0.2) is 9.52 Å². The van der Waals surface area contributed by atoms with Gasteiger partial charge in [-0.2, -0.15) is 0 Å². The van der Waals surface area contributed by atoms with Crippen molar-refractivity contribution in [3.8, 4) is 0 Å². The summed E-state index contributed by atoms with van der Waals surface area (Å²) in [6, 6.07) is 17.7. The Morgan fingerprint density at radius 2 is 1.11 bits per heavy atom. The second-order valence-electron chi connectivity index (χ2n) is 5.42. The van der Waals surface area contributed by atoms with Crippen LogP contribution in [0.1, 0.15) is 33.3 Å². The Kier molecular flexibility index (Phi) is 2.52. The van der Waals surface area contributed by atoms with Gasteiger partial charge in [0, 0.05) is 9.52 Å². The highest BCUT2D eigenvalue weighted by Crippen LogP contribution is 2.36. The average molecular weight is 260 g/mol. The van der Waals surface area contributed by atoms with E-state index < -0.39 is 0 Å². The van der Waals surface area contributed by atoms with Crippen LogP contribution in [0.15, 0.2) is 60.7 Å². The molecule has 0 amide bonds. The van der Waals surface area contributed by atoms with Crippen molar-refractivity contribution in [2.75, 3.05) is 0 Å². The average Bonchev–Trinajstić information content (AvgIpc) is 3.05. The molecule has 1 heteroatoms. The molecule has 0 spiro atoms. The van der Waals surface area contributed by atoms with Gasteiger partial charge in [0.1, 0.15) is 0 Å². The Morgan fingerprint density at radius 1 is 0.632 bits per heavy atom. The van der Waals surface area contributed by atoms with Gasteiger partial charge in [-0.25, -0.2) is 0 Å². The summed E-state index contributed by atoms with van der Waals surface area (Å²) in [7, 11) is -0.227. The molecular formula is C18H16Si. The highest BCUT2D eigenvalue weighted by atomic mass is 28.2. The summed E-state index contributed by atoms with van der Waals surface area (Å²) in [6.07, 6.45) is 9.45. The van der Waals surface area contributed by atoms with Gasteiger partial charge < -0.3 is 0 Å². The molecule has 0 fully saturated rings. The monoisotopic (exact) mass is 260 g/mol. The first-order valence-corrected chi connectivity index (χ1v) is 8.59. The molecule has 0 N–H and O–H groups in total. The van der Waals surface area contributed by atoms with Crippen LogP contribution in [0.2, 0.25) is 0 Å². The van der Waals surface area contributed by atoms with Crippen molar-refractivity contribution in [3.63, 3.8) is 0 Å². The Balaban J connectivity index is 1.62. The summed E-state index contributed by atoms with van der Waals surface area (Å²) in [4.78, 5) is 0. The molecule has 2 atom stereocenters. The zero-order valence-electron chi connectivity index (χ0n) is 10.8. The maximum Gasteiger partial charge on any atom is 0.0468 e. The summed E-state index contributed by atoms with van der Waals surface area (Å²) in [5.74, 6) is 0. The number of rotatable bonds is 2. The van der Waals surface area contributed by atoms with E-state index in [1.165, 1.54) is 11.1 Å². The molecule has 0 bridgehead atoms. The third kappa shape index (κ3) is 1.82. The highest BCUT2D eigenvalue weighted by molar-refractivity contribution is 6.43. The summed E-state index contributed by atoms with van der Waals surface area (Å²) in [6.45, 7) is 0. The first-order valence-electron chi connectivity index (χ1n) is 6.96. The van der Waals surface area contributed by atoms with E-state index >= 15 is 0 Å². The fourth-order valence-electron chi connectivity index (χ4n) is 3.33. The highest BCUT2D eigenvalue weighted by Gasteiger charge is 2.24. The lowest BCUT2D eigenvalue weighted by molar-refractivity contribution is 1.13. The normalized spacial score (nSPS) is 23.2. The molecule has 2 aromatic rings. The number of allylic oxidation sites excluding steroid dienone is 2. The van der Waals surface area contributed by atoms with E-state index in [0.717, 1.165) is 0 Å². The maximum absolute atomic E-state index is 2.42. The lowest BCUT2D eigenvalue weighted by Gasteiger charge is -2.16. The van der Waals surface area contributed by atoms with Gasteiger partial charge in [0.15, 0.2) is 0 Å². The minimum Gasteiger partial charge on any atom is -0.0797 e. The van der Waals surface area contributed by atoms with Crippen LogP contribution in [0, 0.1) is 0 Å². The van der Waals surface area contributed by atoms with Gasteiger partial charge in [0.25, 0.3) is 0 Å². The Bertz CT molecular complexity index is 622. The van der Waals surface area contributed by atoms with Gasteiger partial charge in [0.2, 0.25) is 0 Å². The first kappa shape index (κ1) is 11.0. The molecular weight excluding hydrogens is 244 g/mol. The number of benzene rings is 2. The van der Waals surface area contributed by atoms with Gasteiger partial charge in [-0.05, 0) is 33.3 Å². The standard InChI is InChI=1S/C18H16Si/c1-3-7-15-13(5-1)9-11-17(15)19-18-12-10-14-6-2-4-8-16(14)18/h1-12,17-18H,19H2. The summed E-state index contributed by atoms with van der Waals surface area (Å²) < 4.78 is 0. The molecule has 0 heterocycles. The van der Waals surface area contributed by atoms with Crippen LogP contribution >= 0.6 is 0 Å². The molecule has 19 heavy (non-hydrogen) atoms. The summed E-state index contributed by atoms with van der Waals surface area (Å²) in [5.41, 5.74) is 7.36. The fraction of sp³-hybridized carbons (Fsp3) is 0.111. The van der Waals surface area contributed by atoms with Gasteiger partial charge in [-0.15, -0.1) is 0 Å². The van der Waals surface area contributed by atoms with Crippen LogP contribution in [0.25, 0.3) is 12.2 Å². The smallest absolute Gasteiger partial charge is 0.0468 e. The molecule has 0 radical (unpaired) electrons. The van der Waals surface area contributed by atoms with Crippen molar-refractivity contribution in [2.24, 2.45) is 0 Å². The zero-order chi connectivity index (χ0) is 12.7. The van der Waals surface area contributed by atoms with Crippen molar-refractivity contribution < 1.29 is 0 Å². The van der Waals surface area contributed by atoms with Gasteiger partial charge in [-0.3, -0.25) is 0 Å². The summed E-state index contributed by atoms with van der Waals surface area (Å²) in [5, 5.41) is 0. The minimum atomic E-state index is -0.227. The molecule has 2 aromatic carbocycles. The summed E-state index contributed by atoms with van der Waals surface area (Å²) >= 11 is 0. The van der Waals surface area contributed by atoms with E-state index in [9.17, 15) is 0 Å². The predicted molar refractivity (Wildman–Crippen MR) is 85.0 cm³/mol.